The first kappa shape index (κ1) is 16.6. The van der Waals surface area contributed by atoms with Crippen LogP contribution in [0.5, 0.6) is 0 Å². The Morgan fingerprint density at radius 1 is 1.24 bits per heavy atom. The molecule has 2 fully saturated rings. The molecule has 0 aromatic rings. The van der Waals surface area contributed by atoms with Gasteiger partial charge in [-0.3, -0.25) is 9.89 Å². The minimum atomic E-state index is 0.491. The Morgan fingerprint density at radius 3 is 2.57 bits per heavy atom. The lowest BCUT2D eigenvalue weighted by molar-refractivity contribution is 0.109. The Hall–Kier alpha value is -0.810. The summed E-state index contributed by atoms with van der Waals surface area (Å²) in [6.45, 7) is 15.6. The first-order chi connectivity index (χ1) is 10.1. The number of nitrogens with two attached hydrogens (primary N) is 1. The molecule has 2 atom stereocenters. The van der Waals surface area contributed by atoms with Gasteiger partial charge in [0.1, 0.15) is 0 Å². The standard InChI is InChI=1S/C16H33N5/c1-4-19-8-10-20(11-9-19)15(3)12-18-16(17)21-7-5-6-14(2)13-21/h14-15H,4-13H2,1-3H3,(H2,17,18). The second-order valence-electron chi connectivity index (χ2n) is 6.71. The number of rotatable bonds is 4. The van der Waals surface area contributed by atoms with E-state index in [2.05, 4.69) is 40.5 Å². The fraction of sp³-hybridized carbons (Fsp3) is 0.938. The number of piperazine rings is 1. The van der Waals surface area contributed by atoms with Crippen LogP contribution in [0.25, 0.3) is 0 Å². The number of likely N-dealkylation sites (N-methyl/N-ethyl adjacent to an activating group) is 1. The molecule has 5 heteroatoms. The van der Waals surface area contributed by atoms with Crippen LogP contribution in [0.15, 0.2) is 4.99 Å². The van der Waals surface area contributed by atoms with Crippen LogP contribution < -0.4 is 5.73 Å². The minimum Gasteiger partial charge on any atom is -0.370 e. The normalized spacial score (nSPS) is 27.9. The maximum atomic E-state index is 6.18. The van der Waals surface area contributed by atoms with Gasteiger partial charge in [0.05, 0.1) is 6.54 Å². The van der Waals surface area contributed by atoms with Gasteiger partial charge in [0.2, 0.25) is 0 Å². The van der Waals surface area contributed by atoms with Crippen molar-refractivity contribution in [3.8, 4) is 0 Å². The molecule has 0 spiro atoms. The van der Waals surface area contributed by atoms with E-state index >= 15 is 0 Å². The molecule has 122 valence electrons. The molecule has 0 amide bonds. The molecule has 2 rings (SSSR count). The number of guanidine groups is 1. The van der Waals surface area contributed by atoms with E-state index in [0.717, 1.165) is 44.6 Å². The van der Waals surface area contributed by atoms with E-state index in [1.807, 2.05) is 0 Å². The van der Waals surface area contributed by atoms with Gasteiger partial charge in [-0.2, -0.15) is 0 Å². The Labute approximate surface area is 130 Å². The topological polar surface area (TPSA) is 48.1 Å². The second kappa shape index (κ2) is 7.99. The van der Waals surface area contributed by atoms with Crippen LogP contribution in [-0.4, -0.2) is 79.1 Å². The van der Waals surface area contributed by atoms with E-state index in [9.17, 15) is 0 Å². The molecular formula is C16H33N5. The summed E-state index contributed by atoms with van der Waals surface area (Å²) in [7, 11) is 0. The summed E-state index contributed by atoms with van der Waals surface area (Å²) in [5.41, 5.74) is 6.18. The Morgan fingerprint density at radius 2 is 1.95 bits per heavy atom. The van der Waals surface area contributed by atoms with E-state index < -0.39 is 0 Å². The lowest BCUT2D eigenvalue weighted by Crippen LogP contribution is -2.50. The van der Waals surface area contributed by atoms with Crippen LogP contribution in [0.1, 0.15) is 33.6 Å². The van der Waals surface area contributed by atoms with Crippen molar-refractivity contribution in [1.29, 1.82) is 0 Å². The molecule has 0 aromatic carbocycles. The average molecular weight is 295 g/mol. The highest BCUT2D eigenvalue weighted by Crippen LogP contribution is 2.15. The van der Waals surface area contributed by atoms with Gasteiger partial charge >= 0.3 is 0 Å². The SMILES string of the molecule is CCN1CCN(C(C)CN=C(N)N2CCCC(C)C2)CC1. The van der Waals surface area contributed by atoms with Crippen LogP contribution in [-0.2, 0) is 0 Å². The van der Waals surface area contributed by atoms with Gasteiger partial charge in [-0.05, 0) is 32.2 Å². The number of hydrogen-bond donors (Lipinski definition) is 1. The van der Waals surface area contributed by atoms with E-state index in [1.165, 1.54) is 32.5 Å². The molecule has 2 heterocycles. The van der Waals surface area contributed by atoms with Gasteiger partial charge < -0.3 is 15.5 Å². The Bertz CT molecular complexity index is 336. The van der Waals surface area contributed by atoms with Gasteiger partial charge in [0.25, 0.3) is 0 Å². The molecule has 2 N–H and O–H groups in total. The largest absolute Gasteiger partial charge is 0.370 e. The van der Waals surface area contributed by atoms with Crippen molar-refractivity contribution >= 4 is 5.96 Å². The molecule has 0 aromatic heterocycles. The summed E-state index contributed by atoms with van der Waals surface area (Å²) in [5.74, 6) is 1.49. The fourth-order valence-corrected chi connectivity index (χ4v) is 3.36. The molecule has 0 aliphatic carbocycles. The zero-order valence-electron chi connectivity index (χ0n) is 14.1. The molecule has 2 aliphatic rings. The van der Waals surface area contributed by atoms with Crippen molar-refractivity contribution < 1.29 is 0 Å². The minimum absolute atomic E-state index is 0.491. The van der Waals surface area contributed by atoms with E-state index in [0.29, 0.717) is 6.04 Å². The molecule has 5 nitrogen and oxygen atoms in total. The first-order valence-corrected chi connectivity index (χ1v) is 8.61. The van der Waals surface area contributed by atoms with Gasteiger partial charge in [0.15, 0.2) is 5.96 Å². The van der Waals surface area contributed by atoms with Gasteiger partial charge in [0, 0.05) is 45.3 Å². The Kier molecular flexibility index (Phi) is 6.30. The quantitative estimate of drug-likeness (QED) is 0.622. The van der Waals surface area contributed by atoms with Crippen LogP contribution in [0.4, 0.5) is 0 Å². The van der Waals surface area contributed by atoms with Gasteiger partial charge in [-0.1, -0.05) is 13.8 Å². The van der Waals surface area contributed by atoms with Crippen molar-refractivity contribution in [1.82, 2.24) is 14.7 Å². The number of likely N-dealkylation sites (tertiary alicyclic amines) is 1. The molecule has 2 saturated heterocycles. The second-order valence-corrected chi connectivity index (χ2v) is 6.71. The van der Waals surface area contributed by atoms with E-state index in [1.54, 1.807) is 0 Å². The predicted octanol–water partition coefficient (Wildman–Crippen LogP) is 1.06. The highest BCUT2D eigenvalue weighted by Gasteiger charge is 2.21. The predicted molar refractivity (Wildman–Crippen MR) is 89.6 cm³/mol. The third-order valence-corrected chi connectivity index (χ3v) is 4.98. The number of hydrogen-bond acceptors (Lipinski definition) is 3. The molecule has 21 heavy (non-hydrogen) atoms. The molecule has 0 bridgehead atoms. The lowest BCUT2D eigenvalue weighted by atomic mass is 10.0. The Balaban J connectivity index is 1.77. The van der Waals surface area contributed by atoms with Crippen molar-refractivity contribution in [2.75, 3.05) is 52.4 Å². The van der Waals surface area contributed by atoms with Crippen LogP contribution >= 0.6 is 0 Å². The molecule has 2 aliphatic heterocycles. The van der Waals surface area contributed by atoms with Crippen molar-refractivity contribution in [2.24, 2.45) is 16.6 Å². The van der Waals surface area contributed by atoms with E-state index in [-0.39, 0.29) is 0 Å². The highest BCUT2D eigenvalue weighted by molar-refractivity contribution is 5.78. The smallest absolute Gasteiger partial charge is 0.191 e. The third kappa shape index (κ3) is 4.85. The summed E-state index contributed by atoms with van der Waals surface area (Å²) in [6.07, 6.45) is 2.56. The summed E-state index contributed by atoms with van der Waals surface area (Å²) < 4.78 is 0. The first-order valence-electron chi connectivity index (χ1n) is 8.61. The van der Waals surface area contributed by atoms with Crippen molar-refractivity contribution in [2.45, 2.75) is 39.7 Å². The summed E-state index contributed by atoms with van der Waals surface area (Å²) >= 11 is 0. The van der Waals surface area contributed by atoms with Gasteiger partial charge in [-0.25, -0.2) is 0 Å². The third-order valence-electron chi connectivity index (χ3n) is 4.98. The van der Waals surface area contributed by atoms with Crippen molar-refractivity contribution in [3.05, 3.63) is 0 Å². The molecule has 0 saturated carbocycles. The monoisotopic (exact) mass is 295 g/mol. The molecular weight excluding hydrogens is 262 g/mol. The maximum Gasteiger partial charge on any atom is 0.191 e. The summed E-state index contributed by atoms with van der Waals surface area (Å²) in [4.78, 5) is 12.0. The molecule has 2 unspecified atom stereocenters. The van der Waals surface area contributed by atoms with Gasteiger partial charge in [-0.15, -0.1) is 0 Å². The maximum absolute atomic E-state index is 6.18. The molecule has 0 radical (unpaired) electrons. The van der Waals surface area contributed by atoms with Crippen molar-refractivity contribution in [3.63, 3.8) is 0 Å². The lowest BCUT2D eigenvalue weighted by Gasteiger charge is -2.37. The number of nitrogens with zero attached hydrogens (tertiary/aromatic N) is 4. The number of aliphatic imine (C=N–C) groups is 1. The highest BCUT2D eigenvalue weighted by atomic mass is 15.3. The zero-order chi connectivity index (χ0) is 15.2. The fourth-order valence-electron chi connectivity index (χ4n) is 3.36. The zero-order valence-corrected chi connectivity index (χ0v) is 14.1. The summed E-state index contributed by atoms with van der Waals surface area (Å²) in [5, 5.41) is 0. The van der Waals surface area contributed by atoms with Crippen LogP contribution in [0.2, 0.25) is 0 Å². The van der Waals surface area contributed by atoms with E-state index in [4.69, 9.17) is 5.73 Å². The summed E-state index contributed by atoms with van der Waals surface area (Å²) in [6, 6.07) is 0.491. The number of piperidine rings is 1. The van der Waals surface area contributed by atoms with Crippen LogP contribution in [0.3, 0.4) is 0 Å². The van der Waals surface area contributed by atoms with Crippen LogP contribution in [0, 0.1) is 5.92 Å². The average Bonchev–Trinajstić information content (AvgIpc) is 2.52.